The van der Waals surface area contributed by atoms with Gasteiger partial charge in [-0.25, -0.2) is 0 Å². The lowest BCUT2D eigenvalue weighted by atomic mass is 9.97. The van der Waals surface area contributed by atoms with E-state index in [1.54, 1.807) is 5.57 Å². The molecule has 0 atom stereocenters. The fraction of sp³-hybridized carbons (Fsp3) is 0.625. The van der Waals surface area contributed by atoms with E-state index < -0.39 is 0 Å². The fourth-order valence-corrected chi connectivity index (χ4v) is 1.54. The standard InChI is InChI=1S/C8H12N2/c1-3-9-5-8-6-10-4-2-7(1)8/h3,10H,1-2,4-6H2. The molecule has 0 saturated carbocycles. The lowest BCUT2D eigenvalue weighted by Crippen LogP contribution is -2.27. The summed E-state index contributed by atoms with van der Waals surface area (Å²) in [6.07, 6.45) is 4.39. The number of dihydropyridines is 1. The van der Waals surface area contributed by atoms with Crippen molar-refractivity contribution in [3.05, 3.63) is 11.1 Å². The highest BCUT2D eigenvalue weighted by Gasteiger charge is 2.12. The van der Waals surface area contributed by atoms with Crippen LogP contribution in [0.2, 0.25) is 0 Å². The first-order valence-corrected chi connectivity index (χ1v) is 3.85. The second-order valence-electron chi connectivity index (χ2n) is 2.86. The maximum Gasteiger partial charge on any atom is 0.0610 e. The van der Waals surface area contributed by atoms with Crippen LogP contribution in [0.25, 0.3) is 0 Å². The molecule has 2 heterocycles. The van der Waals surface area contributed by atoms with E-state index >= 15 is 0 Å². The maximum atomic E-state index is 4.24. The van der Waals surface area contributed by atoms with Crippen LogP contribution in [0, 0.1) is 0 Å². The molecule has 2 rings (SSSR count). The average molecular weight is 136 g/mol. The lowest BCUT2D eigenvalue weighted by molar-refractivity contribution is 0.657. The Hall–Kier alpha value is -0.630. The van der Waals surface area contributed by atoms with Gasteiger partial charge < -0.3 is 5.32 Å². The minimum Gasteiger partial charge on any atom is -0.313 e. The average Bonchev–Trinajstić information content (AvgIpc) is 2.05. The molecule has 2 aliphatic heterocycles. The first kappa shape index (κ1) is 6.10. The predicted octanol–water partition coefficient (Wildman–Crippen LogP) is 0.751. The zero-order chi connectivity index (χ0) is 6.81. The number of hydrogen-bond donors (Lipinski definition) is 1. The van der Waals surface area contributed by atoms with Gasteiger partial charge in [0.05, 0.1) is 6.54 Å². The third kappa shape index (κ3) is 0.991. The fourth-order valence-electron chi connectivity index (χ4n) is 1.54. The topological polar surface area (TPSA) is 24.4 Å². The van der Waals surface area contributed by atoms with Crippen molar-refractivity contribution in [2.24, 2.45) is 4.99 Å². The minimum absolute atomic E-state index is 0.947. The van der Waals surface area contributed by atoms with Gasteiger partial charge in [-0.1, -0.05) is 5.57 Å². The molecule has 1 N–H and O–H groups in total. The molecule has 2 aliphatic rings. The molecule has 0 aromatic carbocycles. The number of nitrogens with zero attached hydrogens (tertiary/aromatic N) is 1. The second kappa shape index (κ2) is 2.54. The normalized spacial score (nSPS) is 24.8. The van der Waals surface area contributed by atoms with E-state index in [-0.39, 0.29) is 0 Å². The van der Waals surface area contributed by atoms with Crippen LogP contribution < -0.4 is 5.32 Å². The molecule has 2 heteroatoms. The van der Waals surface area contributed by atoms with Crippen molar-refractivity contribution in [3.63, 3.8) is 0 Å². The van der Waals surface area contributed by atoms with E-state index in [9.17, 15) is 0 Å². The molecule has 54 valence electrons. The van der Waals surface area contributed by atoms with Crippen molar-refractivity contribution < 1.29 is 0 Å². The van der Waals surface area contributed by atoms with Crippen molar-refractivity contribution in [2.75, 3.05) is 19.6 Å². The van der Waals surface area contributed by atoms with Crippen LogP contribution in [0.3, 0.4) is 0 Å². The van der Waals surface area contributed by atoms with Gasteiger partial charge in [0, 0.05) is 19.2 Å². The molecule has 0 fully saturated rings. The Morgan fingerprint density at radius 1 is 1.40 bits per heavy atom. The zero-order valence-electron chi connectivity index (χ0n) is 6.06. The summed E-state index contributed by atoms with van der Waals surface area (Å²) in [5, 5.41) is 3.35. The van der Waals surface area contributed by atoms with Gasteiger partial charge in [0.15, 0.2) is 0 Å². The molecule has 10 heavy (non-hydrogen) atoms. The van der Waals surface area contributed by atoms with Crippen LogP contribution in [0.4, 0.5) is 0 Å². The molecule has 0 aliphatic carbocycles. The van der Waals surface area contributed by atoms with Crippen LogP contribution in [0.1, 0.15) is 12.8 Å². The van der Waals surface area contributed by atoms with E-state index in [4.69, 9.17) is 0 Å². The highest BCUT2D eigenvalue weighted by Crippen LogP contribution is 2.18. The second-order valence-corrected chi connectivity index (χ2v) is 2.86. The Balaban J connectivity index is 2.17. The first-order valence-electron chi connectivity index (χ1n) is 3.85. The molecule has 0 aromatic heterocycles. The molecule has 0 bridgehead atoms. The van der Waals surface area contributed by atoms with Gasteiger partial charge in [-0.05, 0) is 18.5 Å². The number of rotatable bonds is 0. The van der Waals surface area contributed by atoms with Crippen molar-refractivity contribution >= 4 is 6.21 Å². The van der Waals surface area contributed by atoms with Crippen LogP contribution in [0.15, 0.2) is 16.1 Å². The molecular formula is C8H12N2. The SMILES string of the molecule is C1=NCC2=C(C1)CCNC2. The molecule has 0 aromatic rings. The van der Waals surface area contributed by atoms with Gasteiger partial charge in [-0.15, -0.1) is 0 Å². The van der Waals surface area contributed by atoms with E-state index in [0.29, 0.717) is 0 Å². The van der Waals surface area contributed by atoms with E-state index in [2.05, 4.69) is 10.3 Å². The molecule has 0 radical (unpaired) electrons. The highest BCUT2D eigenvalue weighted by molar-refractivity contribution is 5.64. The summed E-state index contributed by atoms with van der Waals surface area (Å²) in [6.45, 7) is 3.18. The summed E-state index contributed by atoms with van der Waals surface area (Å²) in [4.78, 5) is 4.24. The summed E-state index contributed by atoms with van der Waals surface area (Å²) in [5.41, 5.74) is 3.17. The Morgan fingerprint density at radius 3 is 3.30 bits per heavy atom. The quantitative estimate of drug-likeness (QED) is 0.488. The predicted molar refractivity (Wildman–Crippen MR) is 42.5 cm³/mol. The number of hydrogen-bond acceptors (Lipinski definition) is 2. The van der Waals surface area contributed by atoms with Gasteiger partial charge in [0.2, 0.25) is 0 Å². The molecule has 0 amide bonds. The van der Waals surface area contributed by atoms with Gasteiger partial charge >= 0.3 is 0 Å². The molecule has 0 spiro atoms. The Kier molecular flexibility index (Phi) is 1.55. The Labute approximate surface area is 61.0 Å². The zero-order valence-corrected chi connectivity index (χ0v) is 6.06. The van der Waals surface area contributed by atoms with Gasteiger partial charge in [0.25, 0.3) is 0 Å². The summed E-state index contributed by atoms with van der Waals surface area (Å²) in [7, 11) is 0. The summed E-state index contributed by atoms with van der Waals surface area (Å²) in [5.74, 6) is 0. The third-order valence-corrected chi connectivity index (χ3v) is 2.19. The Bertz CT molecular complexity index is 171. The molecular weight excluding hydrogens is 124 g/mol. The summed E-state index contributed by atoms with van der Waals surface area (Å²) < 4.78 is 0. The molecule has 2 nitrogen and oxygen atoms in total. The van der Waals surface area contributed by atoms with Gasteiger partial charge in [0.1, 0.15) is 0 Å². The molecule has 0 unspecified atom stereocenters. The largest absolute Gasteiger partial charge is 0.313 e. The van der Waals surface area contributed by atoms with Crippen molar-refractivity contribution in [3.8, 4) is 0 Å². The third-order valence-electron chi connectivity index (χ3n) is 2.19. The number of aliphatic imine (C=N–C) groups is 1. The summed E-state index contributed by atoms with van der Waals surface area (Å²) in [6, 6.07) is 0. The van der Waals surface area contributed by atoms with Crippen LogP contribution in [-0.2, 0) is 0 Å². The summed E-state index contributed by atoms with van der Waals surface area (Å²) >= 11 is 0. The highest BCUT2D eigenvalue weighted by atomic mass is 14.9. The first-order chi connectivity index (χ1) is 4.97. The lowest BCUT2D eigenvalue weighted by Gasteiger charge is -2.21. The van der Waals surface area contributed by atoms with Crippen molar-refractivity contribution in [1.82, 2.24) is 5.32 Å². The van der Waals surface area contributed by atoms with Crippen molar-refractivity contribution in [1.29, 1.82) is 0 Å². The van der Waals surface area contributed by atoms with Gasteiger partial charge in [-0.3, -0.25) is 4.99 Å². The minimum atomic E-state index is 0.947. The van der Waals surface area contributed by atoms with Crippen molar-refractivity contribution in [2.45, 2.75) is 12.8 Å². The smallest absolute Gasteiger partial charge is 0.0610 e. The van der Waals surface area contributed by atoms with Crippen LogP contribution in [-0.4, -0.2) is 25.8 Å². The van der Waals surface area contributed by atoms with E-state index in [1.165, 1.54) is 12.0 Å². The van der Waals surface area contributed by atoms with E-state index in [1.807, 2.05) is 6.21 Å². The number of nitrogens with one attached hydrogen (secondary N) is 1. The monoisotopic (exact) mass is 136 g/mol. The van der Waals surface area contributed by atoms with Crippen LogP contribution in [0.5, 0.6) is 0 Å². The van der Waals surface area contributed by atoms with Crippen LogP contribution >= 0.6 is 0 Å². The Morgan fingerprint density at radius 2 is 2.40 bits per heavy atom. The van der Waals surface area contributed by atoms with E-state index in [0.717, 1.165) is 26.1 Å². The molecule has 0 saturated heterocycles. The maximum absolute atomic E-state index is 4.24. The van der Waals surface area contributed by atoms with Gasteiger partial charge in [-0.2, -0.15) is 0 Å².